The molecular formula is C24H26N6O. The van der Waals surface area contributed by atoms with Crippen LogP contribution in [0.25, 0.3) is 22.2 Å². The molecule has 1 N–H and O–H groups in total. The van der Waals surface area contributed by atoms with Gasteiger partial charge in [0.1, 0.15) is 0 Å². The van der Waals surface area contributed by atoms with Crippen LogP contribution in [-0.2, 0) is 4.74 Å². The second kappa shape index (κ2) is 8.35. The zero-order chi connectivity index (χ0) is 21.2. The maximum atomic E-state index is 5.44. The zero-order valence-corrected chi connectivity index (χ0v) is 17.8. The zero-order valence-electron chi connectivity index (χ0n) is 17.8. The van der Waals surface area contributed by atoms with Gasteiger partial charge in [0.05, 0.1) is 30.6 Å². The Morgan fingerprint density at radius 1 is 1.00 bits per heavy atom. The summed E-state index contributed by atoms with van der Waals surface area (Å²) < 4.78 is 7.67. The van der Waals surface area contributed by atoms with Crippen LogP contribution >= 0.6 is 0 Å². The van der Waals surface area contributed by atoms with Crippen LogP contribution in [0.15, 0.2) is 61.2 Å². The lowest BCUT2D eigenvalue weighted by Crippen LogP contribution is -2.36. The number of rotatable bonds is 5. The Bertz CT molecular complexity index is 1180. The van der Waals surface area contributed by atoms with E-state index in [2.05, 4.69) is 69.1 Å². The average Bonchev–Trinajstić information content (AvgIpc) is 3.21. The molecule has 7 nitrogen and oxygen atoms in total. The number of ether oxygens (including phenoxy) is 1. The molecule has 0 bridgehead atoms. The molecule has 0 spiro atoms. The lowest BCUT2D eigenvalue weighted by molar-refractivity contribution is 0.122. The van der Waals surface area contributed by atoms with E-state index >= 15 is 0 Å². The van der Waals surface area contributed by atoms with Crippen LogP contribution in [0.3, 0.4) is 0 Å². The van der Waals surface area contributed by atoms with Crippen molar-refractivity contribution in [3.05, 3.63) is 61.2 Å². The number of nitrogens with zero attached hydrogens (tertiary/aromatic N) is 5. The number of anilines is 3. The molecule has 1 aromatic carbocycles. The second-order valence-electron chi connectivity index (χ2n) is 7.97. The number of hydrogen-bond donors (Lipinski definition) is 1. The molecule has 7 heteroatoms. The van der Waals surface area contributed by atoms with E-state index in [-0.39, 0.29) is 0 Å². The largest absolute Gasteiger partial charge is 0.378 e. The van der Waals surface area contributed by atoms with Crippen molar-refractivity contribution < 1.29 is 4.74 Å². The Morgan fingerprint density at radius 3 is 2.58 bits per heavy atom. The van der Waals surface area contributed by atoms with Gasteiger partial charge in [-0.15, -0.1) is 0 Å². The van der Waals surface area contributed by atoms with Gasteiger partial charge in [-0.05, 0) is 50.2 Å². The molecule has 0 amide bonds. The molecule has 0 atom stereocenters. The number of hydrogen-bond acceptors (Lipinski definition) is 6. The number of fused-ring (bicyclic) bond motifs is 1. The fourth-order valence-corrected chi connectivity index (χ4v) is 4.00. The van der Waals surface area contributed by atoms with Crippen molar-refractivity contribution in [2.75, 3.05) is 36.5 Å². The summed E-state index contributed by atoms with van der Waals surface area (Å²) in [6, 6.07) is 12.7. The monoisotopic (exact) mass is 414 g/mol. The lowest BCUT2D eigenvalue weighted by atomic mass is 10.1. The van der Waals surface area contributed by atoms with E-state index in [1.165, 1.54) is 5.69 Å². The lowest BCUT2D eigenvalue weighted by Gasteiger charge is -2.28. The molecule has 0 saturated carbocycles. The van der Waals surface area contributed by atoms with Crippen molar-refractivity contribution in [1.82, 2.24) is 19.5 Å². The van der Waals surface area contributed by atoms with Gasteiger partial charge in [-0.1, -0.05) is 0 Å². The van der Waals surface area contributed by atoms with Gasteiger partial charge in [-0.2, -0.15) is 0 Å². The molecule has 1 saturated heterocycles. The van der Waals surface area contributed by atoms with Crippen LogP contribution in [0.1, 0.15) is 19.9 Å². The van der Waals surface area contributed by atoms with Crippen LogP contribution in [-0.4, -0.2) is 45.8 Å². The Hall–Kier alpha value is -3.45. The van der Waals surface area contributed by atoms with Crippen molar-refractivity contribution in [2.24, 2.45) is 0 Å². The van der Waals surface area contributed by atoms with E-state index in [0.717, 1.165) is 54.2 Å². The molecule has 4 heterocycles. The first-order valence-electron chi connectivity index (χ1n) is 10.7. The maximum absolute atomic E-state index is 5.44. The quantitative estimate of drug-likeness (QED) is 0.513. The molecular weight excluding hydrogens is 388 g/mol. The van der Waals surface area contributed by atoms with E-state index in [1.54, 1.807) is 6.20 Å². The van der Waals surface area contributed by atoms with Crippen LogP contribution in [0.4, 0.5) is 17.3 Å². The standard InChI is InChI=1S/C24H26N6O/c1-17(2)30-16-21(20-7-9-25-15-23(20)30)22-8-10-26-24(28-22)27-18-3-5-19(6-4-18)29-11-13-31-14-12-29/h3-10,15-17H,11-14H2,1-2H3,(H,26,27,28). The maximum Gasteiger partial charge on any atom is 0.227 e. The number of aromatic nitrogens is 4. The minimum atomic E-state index is 0.338. The third-order valence-electron chi connectivity index (χ3n) is 5.62. The van der Waals surface area contributed by atoms with Gasteiger partial charge in [0.2, 0.25) is 5.95 Å². The molecule has 0 radical (unpaired) electrons. The van der Waals surface area contributed by atoms with E-state index in [1.807, 2.05) is 24.5 Å². The van der Waals surface area contributed by atoms with Crippen LogP contribution in [0.5, 0.6) is 0 Å². The minimum absolute atomic E-state index is 0.338. The highest BCUT2D eigenvalue weighted by Gasteiger charge is 2.14. The summed E-state index contributed by atoms with van der Waals surface area (Å²) in [5.74, 6) is 0.580. The van der Waals surface area contributed by atoms with Gasteiger partial charge >= 0.3 is 0 Å². The number of pyridine rings is 1. The topological polar surface area (TPSA) is 68.1 Å². The molecule has 0 aliphatic carbocycles. The molecule has 5 rings (SSSR count). The number of benzene rings is 1. The van der Waals surface area contributed by atoms with Crippen molar-refractivity contribution in [3.63, 3.8) is 0 Å². The highest BCUT2D eigenvalue weighted by atomic mass is 16.5. The Morgan fingerprint density at radius 2 is 1.81 bits per heavy atom. The summed E-state index contributed by atoms with van der Waals surface area (Å²) >= 11 is 0. The summed E-state index contributed by atoms with van der Waals surface area (Å²) in [6.45, 7) is 7.76. The van der Waals surface area contributed by atoms with Crippen molar-refractivity contribution in [3.8, 4) is 11.3 Å². The van der Waals surface area contributed by atoms with E-state index in [0.29, 0.717) is 12.0 Å². The van der Waals surface area contributed by atoms with E-state index < -0.39 is 0 Å². The summed E-state index contributed by atoms with van der Waals surface area (Å²) in [5.41, 5.74) is 5.25. The molecule has 1 aliphatic heterocycles. The molecule has 3 aromatic heterocycles. The van der Waals surface area contributed by atoms with Crippen molar-refractivity contribution in [1.29, 1.82) is 0 Å². The van der Waals surface area contributed by atoms with Crippen LogP contribution < -0.4 is 10.2 Å². The average molecular weight is 415 g/mol. The number of nitrogens with one attached hydrogen (secondary N) is 1. The Kier molecular flexibility index (Phi) is 5.26. The van der Waals surface area contributed by atoms with Gasteiger partial charge in [-0.3, -0.25) is 4.98 Å². The predicted molar refractivity (Wildman–Crippen MR) is 124 cm³/mol. The van der Waals surface area contributed by atoms with E-state index in [9.17, 15) is 0 Å². The third kappa shape index (κ3) is 3.96. The van der Waals surface area contributed by atoms with Gasteiger partial charge in [0, 0.05) is 60.0 Å². The van der Waals surface area contributed by atoms with E-state index in [4.69, 9.17) is 9.72 Å². The number of morpholine rings is 1. The molecule has 31 heavy (non-hydrogen) atoms. The SMILES string of the molecule is CC(C)n1cc(-c2ccnc(Nc3ccc(N4CCOCC4)cc3)n2)c2ccncc21. The van der Waals surface area contributed by atoms with Gasteiger partial charge in [0.15, 0.2) is 0 Å². The fourth-order valence-electron chi connectivity index (χ4n) is 4.00. The fraction of sp³-hybridized carbons (Fsp3) is 0.292. The highest BCUT2D eigenvalue weighted by Crippen LogP contribution is 2.31. The van der Waals surface area contributed by atoms with Gasteiger partial charge < -0.3 is 19.5 Å². The first kappa shape index (κ1) is 19.5. The molecule has 0 unspecified atom stereocenters. The van der Waals surface area contributed by atoms with Crippen LogP contribution in [0.2, 0.25) is 0 Å². The summed E-state index contributed by atoms with van der Waals surface area (Å²) in [4.78, 5) is 15.9. The summed E-state index contributed by atoms with van der Waals surface area (Å²) in [6.07, 6.45) is 7.69. The second-order valence-corrected chi connectivity index (χ2v) is 7.97. The summed E-state index contributed by atoms with van der Waals surface area (Å²) in [7, 11) is 0. The smallest absolute Gasteiger partial charge is 0.227 e. The molecule has 4 aromatic rings. The van der Waals surface area contributed by atoms with Crippen LogP contribution in [0, 0.1) is 0 Å². The predicted octanol–water partition coefficient (Wildman–Crippen LogP) is 4.65. The molecule has 1 aliphatic rings. The summed E-state index contributed by atoms with van der Waals surface area (Å²) in [5, 5.41) is 4.48. The Labute approximate surface area is 181 Å². The van der Waals surface area contributed by atoms with Crippen molar-refractivity contribution >= 4 is 28.2 Å². The Balaban J connectivity index is 1.40. The first-order valence-corrected chi connectivity index (χ1v) is 10.7. The van der Waals surface area contributed by atoms with Gasteiger partial charge in [0.25, 0.3) is 0 Å². The normalized spacial score (nSPS) is 14.4. The van der Waals surface area contributed by atoms with Crippen molar-refractivity contribution in [2.45, 2.75) is 19.9 Å². The van der Waals surface area contributed by atoms with Gasteiger partial charge in [-0.25, -0.2) is 9.97 Å². The molecule has 1 fully saturated rings. The third-order valence-corrected chi connectivity index (χ3v) is 5.62. The molecule has 158 valence electrons. The first-order chi connectivity index (χ1) is 15.2. The minimum Gasteiger partial charge on any atom is -0.378 e. The highest BCUT2D eigenvalue weighted by molar-refractivity contribution is 5.94.